The topological polar surface area (TPSA) is 44.8 Å². The maximum Gasteiger partial charge on any atom is 0.162 e. The third-order valence-corrected chi connectivity index (χ3v) is 2.96. The minimum absolute atomic E-state index is 0.0666. The van der Waals surface area contributed by atoms with Gasteiger partial charge in [0, 0.05) is 6.08 Å². The van der Waals surface area contributed by atoms with Crippen LogP contribution in [0.4, 0.5) is 0 Å². The van der Waals surface area contributed by atoms with Crippen LogP contribution in [0.3, 0.4) is 0 Å². The van der Waals surface area contributed by atoms with Crippen LogP contribution in [0.5, 0.6) is 0 Å². The Morgan fingerprint density at radius 3 is 2.89 bits per heavy atom. The van der Waals surface area contributed by atoms with Gasteiger partial charge in [0.2, 0.25) is 0 Å². The number of allylic oxidation sites excluding steroid dienone is 1. The number of carbonyl (C=O) groups is 1. The van der Waals surface area contributed by atoms with Gasteiger partial charge in [0.15, 0.2) is 5.78 Å². The van der Waals surface area contributed by atoms with Crippen molar-refractivity contribution in [3.8, 4) is 0 Å². The lowest BCUT2D eigenvalue weighted by atomic mass is 10.1. The van der Waals surface area contributed by atoms with Crippen LogP contribution >= 0.6 is 0 Å². The highest BCUT2D eigenvalue weighted by molar-refractivity contribution is 5.90. The highest BCUT2D eigenvalue weighted by Gasteiger charge is 2.23. The molecule has 4 heteroatoms. The van der Waals surface area contributed by atoms with Crippen LogP contribution in [0.25, 0.3) is 0 Å². The number of hydrogen-bond donors (Lipinski definition) is 0. The molecule has 1 aliphatic rings. The fourth-order valence-corrected chi connectivity index (χ4v) is 1.80. The molecule has 1 aliphatic heterocycles. The zero-order valence-electron chi connectivity index (χ0n) is 11.0. The van der Waals surface area contributed by atoms with E-state index in [1.807, 2.05) is 37.3 Å². The van der Waals surface area contributed by atoms with Crippen molar-refractivity contribution in [3.05, 3.63) is 48.2 Å². The summed E-state index contributed by atoms with van der Waals surface area (Å²) < 4.78 is 16.3. The molecule has 0 fully saturated rings. The van der Waals surface area contributed by atoms with Gasteiger partial charge in [-0.3, -0.25) is 4.79 Å². The number of rotatable bonds is 6. The smallest absolute Gasteiger partial charge is 0.162 e. The van der Waals surface area contributed by atoms with Crippen LogP contribution in [-0.4, -0.2) is 24.8 Å². The number of ether oxygens (including phenoxy) is 3. The molecule has 0 saturated heterocycles. The van der Waals surface area contributed by atoms with Gasteiger partial charge in [-0.15, -0.1) is 0 Å². The Morgan fingerprint density at radius 2 is 2.16 bits per heavy atom. The normalized spacial score (nSPS) is 20.1. The van der Waals surface area contributed by atoms with E-state index >= 15 is 0 Å². The SMILES string of the molecule is C[C@H](OCOCc1ccccc1)[C@@H]1CC(=O)C=CO1. The molecule has 4 nitrogen and oxygen atoms in total. The molecule has 0 aromatic heterocycles. The molecule has 19 heavy (non-hydrogen) atoms. The number of ketones is 1. The van der Waals surface area contributed by atoms with Gasteiger partial charge in [0.1, 0.15) is 12.9 Å². The third-order valence-electron chi connectivity index (χ3n) is 2.96. The lowest BCUT2D eigenvalue weighted by Crippen LogP contribution is -2.32. The maximum absolute atomic E-state index is 11.2. The van der Waals surface area contributed by atoms with E-state index in [-0.39, 0.29) is 24.8 Å². The summed E-state index contributed by atoms with van der Waals surface area (Å²) in [5.41, 5.74) is 1.10. The molecule has 102 valence electrons. The van der Waals surface area contributed by atoms with Gasteiger partial charge in [0.05, 0.1) is 25.4 Å². The molecule has 0 amide bonds. The standard InChI is InChI=1S/C15H18O4/c1-12(15-9-14(16)7-8-18-15)19-11-17-10-13-5-3-2-4-6-13/h2-8,12,15H,9-11H2,1H3/t12-,15-/m0/s1. The molecule has 0 saturated carbocycles. The Morgan fingerprint density at radius 1 is 1.37 bits per heavy atom. The van der Waals surface area contributed by atoms with E-state index in [0.717, 1.165) is 5.56 Å². The second kappa shape index (κ2) is 7.07. The summed E-state index contributed by atoms with van der Waals surface area (Å²) in [5.74, 6) is 0.0666. The Kier molecular flexibility index (Phi) is 5.12. The first kappa shape index (κ1) is 13.8. The summed E-state index contributed by atoms with van der Waals surface area (Å²) in [6, 6.07) is 9.90. The first-order valence-corrected chi connectivity index (χ1v) is 6.34. The summed E-state index contributed by atoms with van der Waals surface area (Å²) >= 11 is 0. The minimum Gasteiger partial charge on any atom is -0.495 e. The Balaban J connectivity index is 1.65. The summed E-state index contributed by atoms with van der Waals surface area (Å²) in [6.45, 7) is 2.58. The van der Waals surface area contributed by atoms with Gasteiger partial charge in [0.25, 0.3) is 0 Å². The second-order valence-corrected chi connectivity index (χ2v) is 4.47. The van der Waals surface area contributed by atoms with Crippen molar-refractivity contribution in [1.29, 1.82) is 0 Å². The Hall–Kier alpha value is -1.65. The zero-order chi connectivity index (χ0) is 13.5. The minimum atomic E-state index is -0.224. The predicted molar refractivity (Wildman–Crippen MR) is 70.3 cm³/mol. The van der Waals surface area contributed by atoms with Gasteiger partial charge in [-0.05, 0) is 12.5 Å². The molecule has 1 heterocycles. The molecule has 0 bridgehead atoms. The fraction of sp³-hybridized carbons (Fsp3) is 0.400. The summed E-state index contributed by atoms with van der Waals surface area (Å²) in [5, 5.41) is 0. The van der Waals surface area contributed by atoms with Crippen LogP contribution in [0.2, 0.25) is 0 Å². The van der Waals surface area contributed by atoms with Gasteiger partial charge in [-0.25, -0.2) is 0 Å². The molecule has 2 atom stereocenters. The zero-order valence-corrected chi connectivity index (χ0v) is 11.0. The van der Waals surface area contributed by atoms with E-state index in [4.69, 9.17) is 14.2 Å². The molecule has 0 N–H and O–H groups in total. The number of carbonyl (C=O) groups excluding carboxylic acids is 1. The molecular weight excluding hydrogens is 244 g/mol. The van der Waals surface area contributed by atoms with Gasteiger partial charge < -0.3 is 14.2 Å². The van der Waals surface area contributed by atoms with Crippen molar-refractivity contribution in [2.24, 2.45) is 0 Å². The van der Waals surface area contributed by atoms with E-state index in [2.05, 4.69) is 0 Å². The van der Waals surface area contributed by atoms with Gasteiger partial charge in [-0.2, -0.15) is 0 Å². The second-order valence-electron chi connectivity index (χ2n) is 4.47. The van der Waals surface area contributed by atoms with Crippen molar-refractivity contribution < 1.29 is 19.0 Å². The molecule has 2 rings (SSSR count). The summed E-state index contributed by atoms with van der Waals surface area (Å²) in [7, 11) is 0. The Labute approximate surface area is 113 Å². The first-order chi connectivity index (χ1) is 9.25. The monoisotopic (exact) mass is 262 g/mol. The first-order valence-electron chi connectivity index (χ1n) is 6.34. The molecule has 0 aliphatic carbocycles. The summed E-state index contributed by atoms with van der Waals surface area (Å²) in [4.78, 5) is 11.2. The Bertz CT molecular complexity index is 427. The maximum atomic E-state index is 11.2. The van der Waals surface area contributed by atoms with E-state index in [1.54, 1.807) is 0 Å². The number of benzene rings is 1. The van der Waals surface area contributed by atoms with Crippen LogP contribution in [0, 0.1) is 0 Å². The van der Waals surface area contributed by atoms with Crippen molar-refractivity contribution in [3.63, 3.8) is 0 Å². The fourth-order valence-electron chi connectivity index (χ4n) is 1.80. The van der Waals surface area contributed by atoms with Crippen molar-refractivity contribution in [2.75, 3.05) is 6.79 Å². The highest BCUT2D eigenvalue weighted by atomic mass is 16.7. The third kappa shape index (κ3) is 4.50. The van der Waals surface area contributed by atoms with Gasteiger partial charge >= 0.3 is 0 Å². The molecular formula is C15H18O4. The van der Waals surface area contributed by atoms with Gasteiger partial charge in [-0.1, -0.05) is 30.3 Å². The highest BCUT2D eigenvalue weighted by Crippen LogP contribution is 2.14. The van der Waals surface area contributed by atoms with Crippen LogP contribution < -0.4 is 0 Å². The van der Waals surface area contributed by atoms with Crippen LogP contribution in [0.15, 0.2) is 42.7 Å². The van der Waals surface area contributed by atoms with Crippen LogP contribution in [0.1, 0.15) is 18.9 Å². The average molecular weight is 262 g/mol. The molecule has 1 aromatic rings. The van der Waals surface area contributed by atoms with Crippen molar-refractivity contribution >= 4 is 5.78 Å². The molecule has 1 aromatic carbocycles. The van der Waals surface area contributed by atoms with Crippen LogP contribution in [-0.2, 0) is 25.6 Å². The molecule has 0 radical (unpaired) electrons. The van der Waals surface area contributed by atoms with E-state index in [9.17, 15) is 4.79 Å². The quantitative estimate of drug-likeness (QED) is 0.583. The van der Waals surface area contributed by atoms with E-state index in [1.165, 1.54) is 12.3 Å². The van der Waals surface area contributed by atoms with E-state index in [0.29, 0.717) is 13.0 Å². The summed E-state index contributed by atoms with van der Waals surface area (Å²) in [6.07, 6.45) is 2.83. The average Bonchev–Trinajstić information content (AvgIpc) is 2.44. The number of hydrogen-bond acceptors (Lipinski definition) is 4. The predicted octanol–water partition coefficient (Wildman–Crippen LogP) is 2.44. The lowest BCUT2D eigenvalue weighted by Gasteiger charge is -2.24. The van der Waals surface area contributed by atoms with Crippen molar-refractivity contribution in [2.45, 2.75) is 32.2 Å². The lowest BCUT2D eigenvalue weighted by molar-refractivity contribution is -0.136. The van der Waals surface area contributed by atoms with E-state index < -0.39 is 0 Å². The van der Waals surface area contributed by atoms with Crippen molar-refractivity contribution in [1.82, 2.24) is 0 Å². The molecule has 0 spiro atoms. The molecule has 0 unspecified atom stereocenters. The largest absolute Gasteiger partial charge is 0.495 e.